The van der Waals surface area contributed by atoms with Gasteiger partial charge in [-0.1, -0.05) is 60.7 Å². The number of nitrogens with zero attached hydrogens (tertiary/aromatic N) is 1. The van der Waals surface area contributed by atoms with E-state index in [1.165, 1.54) is 38.5 Å². The molecule has 0 atom stereocenters. The van der Waals surface area contributed by atoms with Crippen LogP contribution in [0.4, 0.5) is 11.4 Å². The number of fused-ring (bicyclic) bond motifs is 3. The highest BCUT2D eigenvalue weighted by atomic mass is 14.9. The lowest BCUT2D eigenvalue weighted by molar-refractivity contribution is -0.497. The molecule has 0 saturated heterocycles. The summed E-state index contributed by atoms with van der Waals surface area (Å²) in [7, 11) is 0. The monoisotopic (exact) mass is 452 g/mol. The fraction of sp³-hybridized carbons (Fsp3) is 0.0312. The highest BCUT2D eigenvalue weighted by molar-refractivity contribution is 6.10. The lowest BCUT2D eigenvalue weighted by atomic mass is 9.90. The van der Waals surface area contributed by atoms with Crippen LogP contribution in [0.1, 0.15) is 5.56 Å². The van der Waals surface area contributed by atoms with Gasteiger partial charge in [0, 0.05) is 27.9 Å². The summed E-state index contributed by atoms with van der Waals surface area (Å²) in [6, 6.07) is 37.9. The van der Waals surface area contributed by atoms with Crippen molar-refractivity contribution in [3.63, 3.8) is 0 Å². The van der Waals surface area contributed by atoms with Gasteiger partial charge in [0.15, 0.2) is 6.20 Å². The minimum Gasteiger partial charge on any atom is -0.399 e. The number of rotatable bonds is 3. The summed E-state index contributed by atoms with van der Waals surface area (Å²) in [5.41, 5.74) is 23.0. The molecule has 2 aromatic heterocycles. The second-order valence-electron chi connectivity index (χ2n) is 9.03. The molecule has 4 N–H and O–H groups in total. The van der Waals surface area contributed by atoms with Gasteiger partial charge in [0.1, 0.15) is 0 Å². The van der Waals surface area contributed by atoms with Crippen molar-refractivity contribution in [3.05, 3.63) is 121 Å². The van der Waals surface area contributed by atoms with E-state index in [-0.39, 0.29) is 0 Å². The first-order chi connectivity index (χ1) is 17.1. The Balaban J connectivity index is 1.87. The Labute approximate surface area is 204 Å². The molecular weight excluding hydrogens is 426 g/mol. The average Bonchev–Trinajstić information content (AvgIpc) is 2.89. The standard InChI is InChI=1S/C32H25N3/c1-21-19-29(22-7-3-2-4-8-22)32-28-10-6-5-9-27(28)30(23-11-15-25(33)16-12-23)31(35(32)20-21)24-13-17-26(34)18-14-24/h2-20,34H,33H2,1H3/p+1. The zero-order chi connectivity index (χ0) is 23.9. The van der Waals surface area contributed by atoms with E-state index in [0.29, 0.717) is 0 Å². The number of aromatic nitrogens is 1. The van der Waals surface area contributed by atoms with E-state index < -0.39 is 0 Å². The number of aryl methyl sites for hydroxylation is 1. The first-order valence-electron chi connectivity index (χ1n) is 11.8. The highest BCUT2D eigenvalue weighted by Crippen LogP contribution is 2.40. The lowest BCUT2D eigenvalue weighted by Crippen LogP contribution is -2.27. The fourth-order valence-corrected chi connectivity index (χ4v) is 5.04. The summed E-state index contributed by atoms with van der Waals surface area (Å²) in [4.78, 5) is 0. The molecule has 168 valence electrons. The number of pyridine rings is 2. The molecule has 0 aliphatic heterocycles. The molecule has 0 spiro atoms. The van der Waals surface area contributed by atoms with Crippen molar-refractivity contribution in [2.24, 2.45) is 0 Å². The van der Waals surface area contributed by atoms with Crippen molar-refractivity contribution in [3.8, 4) is 33.5 Å². The van der Waals surface area contributed by atoms with Crippen molar-refractivity contribution < 1.29 is 4.40 Å². The molecule has 0 unspecified atom stereocenters. The van der Waals surface area contributed by atoms with Crippen LogP contribution in [-0.2, 0) is 0 Å². The predicted octanol–water partition coefficient (Wildman–Crippen LogP) is 7.05. The lowest BCUT2D eigenvalue weighted by Gasteiger charge is -2.15. The Morgan fingerprint density at radius 1 is 0.571 bits per heavy atom. The molecule has 0 fully saturated rings. The molecular formula is C32H26N3+. The van der Waals surface area contributed by atoms with Gasteiger partial charge in [-0.15, -0.1) is 0 Å². The molecule has 0 aliphatic carbocycles. The van der Waals surface area contributed by atoms with Crippen LogP contribution in [0, 0.1) is 6.92 Å². The second kappa shape index (κ2) is 8.30. The topological polar surface area (TPSA) is 56.1 Å². The van der Waals surface area contributed by atoms with Crippen LogP contribution in [0.15, 0.2) is 115 Å². The number of nitrogen functional groups attached to an aromatic ring is 2. The van der Waals surface area contributed by atoms with Gasteiger partial charge in [-0.25, -0.2) is 0 Å². The summed E-state index contributed by atoms with van der Waals surface area (Å²) >= 11 is 0. The smallest absolute Gasteiger partial charge is 0.226 e. The van der Waals surface area contributed by atoms with E-state index in [0.717, 1.165) is 28.2 Å². The molecule has 0 aliphatic rings. The van der Waals surface area contributed by atoms with Crippen LogP contribution >= 0.6 is 0 Å². The third kappa shape index (κ3) is 3.58. The van der Waals surface area contributed by atoms with E-state index in [9.17, 15) is 0 Å². The molecule has 0 bridgehead atoms. The van der Waals surface area contributed by atoms with Crippen molar-refractivity contribution in [1.29, 1.82) is 0 Å². The molecule has 35 heavy (non-hydrogen) atoms. The van der Waals surface area contributed by atoms with Gasteiger partial charge >= 0.3 is 0 Å². The highest BCUT2D eigenvalue weighted by Gasteiger charge is 2.27. The van der Waals surface area contributed by atoms with Crippen LogP contribution in [-0.4, -0.2) is 0 Å². The van der Waals surface area contributed by atoms with Crippen LogP contribution in [0.25, 0.3) is 49.8 Å². The predicted molar refractivity (Wildman–Crippen MR) is 147 cm³/mol. The second-order valence-corrected chi connectivity index (χ2v) is 9.03. The van der Waals surface area contributed by atoms with E-state index in [4.69, 9.17) is 11.5 Å². The zero-order valence-electron chi connectivity index (χ0n) is 19.6. The third-order valence-corrected chi connectivity index (χ3v) is 6.60. The Kier molecular flexibility index (Phi) is 4.97. The number of anilines is 2. The van der Waals surface area contributed by atoms with Crippen molar-refractivity contribution in [2.45, 2.75) is 6.92 Å². The van der Waals surface area contributed by atoms with Gasteiger partial charge in [0.05, 0.1) is 16.5 Å². The quantitative estimate of drug-likeness (QED) is 0.172. The number of hydrogen-bond acceptors (Lipinski definition) is 2. The molecule has 2 heterocycles. The number of benzene rings is 4. The van der Waals surface area contributed by atoms with Crippen LogP contribution < -0.4 is 15.9 Å². The maximum absolute atomic E-state index is 6.08. The number of nitrogens with two attached hydrogens (primary N) is 2. The van der Waals surface area contributed by atoms with Crippen molar-refractivity contribution in [2.75, 3.05) is 11.5 Å². The minimum absolute atomic E-state index is 0.749. The van der Waals surface area contributed by atoms with Gasteiger partial charge in [-0.3, -0.25) is 0 Å². The average molecular weight is 453 g/mol. The molecule has 0 amide bonds. The Morgan fingerprint density at radius 2 is 1.14 bits per heavy atom. The van der Waals surface area contributed by atoms with E-state index in [2.05, 4.69) is 102 Å². The maximum atomic E-state index is 6.08. The molecule has 4 aromatic carbocycles. The fourth-order valence-electron chi connectivity index (χ4n) is 5.04. The van der Waals surface area contributed by atoms with Crippen molar-refractivity contribution >= 4 is 27.7 Å². The maximum Gasteiger partial charge on any atom is 0.226 e. The van der Waals surface area contributed by atoms with E-state index >= 15 is 0 Å². The summed E-state index contributed by atoms with van der Waals surface area (Å²) < 4.78 is 2.36. The minimum atomic E-state index is 0.749. The van der Waals surface area contributed by atoms with Crippen LogP contribution in [0.5, 0.6) is 0 Å². The van der Waals surface area contributed by atoms with E-state index in [1.807, 2.05) is 24.3 Å². The van der Waals surface area contributed by atoms with Crippen LogP contribution in [0.2, 0.25) is 0 Å². The summed E-state index contributed by atoms with van der Waals surface area (Å²) in [6.45, 7) is 2.16. The summed E-state index contributed by atoms with van der Waals surface area (Å²) in [5, 5.41) is 2.41. The molecule has 3 heteroatoms. The Hall–Kier alpha value is -4.63. The molecule has 0 radical (unpaired) electrons. The molecule has 3 nitrogen and oxygen atoms in total. The molecule has 6 aromatic rings. The van der Waals surface area contributed by atoms with E-state index in [1.54, 1.807) is 0 Å². The first kappa shape index (κ1) is 20.9. The first-order valence-corrected chi connectivity index (χ1v) is 11.8. The number of hydrogen-bond donors (Lipinski definition) is 2. The van der Waals surface area contributed by atoms with Gasteiger partial charge in [-0.2, -0.15) is 4.40 Å². The van der Waals surface area contributed by atoms with Gasteiger partial charge in [0.2, 0.25) is 11.2 Å². The molecule has 6 rings (SSSR count). The Morgan fingerprint density at radius 3 is 1.80 bits per heavy atom. The SMILES string of the molecule is Cc1cc(-c2ccccc2)c2c3ccccc3c(-c3ccc(N)cc3)c(-c3ccc(N)cc3)[n+]2c1. The zero-order valence-corrected chi connectivity index (χ0v) is 19.6. The summed E-state index contributed by atoms with van der Waals surface area (Å²) in [6.07, 6.45) is 2.24. The normalized spacial score (nSPS) is 11.2. The third-order valence-electron chi connectivity index (χ3n) is 6.60. The van der Waals surface area contributed by atoms with Crippen molar-refractivity contribution in [1.82, 2.24) is 0 Å². The largest absolute Gasteiger partial charge is 0.399 e. The summed E-state index contributed by atoms with van der Waals surface area (Å²) in [5.74, 6) is 0. The van der Waals surface area contributed by atoms with Gasteiger partial charge < -0.3 is 11.5 Å². The van der Waals surface area contributed by atoms with Gasteiger partial charge in [-0.05, 0) is 66.6 Å². The van der Waals surface area contributed by atoms with Gasteiger partial charge in [0.25, 0.3) is 0 Å². The molecule has 0 saturated carbocycles. The Bertz CT molecular complexity index is 1680. The van der Waals surface area contributed by atoms with Crippen LogP contribution in [0.3, 0.4) is 0 Å².